The third kappa shape index (κ3) is 5.77. The predicted octanol–water partition coefficient (Wildman–Crippen LogP) is 4.14. The van der Waals surface area contributed by atoms with E-state index in [0.717, 1.165) is 16.7 Å². The Hall–Kier alpha value is -3.98. The summed E-state index contributed by atoms with van der Waals surface area (Å²) in [7, 11) is 3.17. The first-order valence-corrected chi connectivity index (χ1v) is 14.5. The highest BCUT2D eigenvalue weighted by Crippen LogP contribution is 2.56. The molecule has 41 heavy (non-hydrogen) atoms. The molecule has 1 saturated heterocycles. The van der Waals surface area contributed by atoms with Gasteiger partial charge < -0.3 is 25.0 Å². The van der Waals surface area contributed by atoms with Crippen molar-refractivity contribution in [1.82, 2.24) is 15.5 Å². The molecule has 2 aliphatic heterocycles. The van der Waals surface area contributed by atoms with E-state index in [2.05, 4.69) is 10.6 Å². The smallest absolute Gasteiger partial charge is 0.256 e. The molecule has 0 bridgehead atoms. The molecule has 3 amide bonds. The molecule has 214 valence electrons. The number of hydrogen-bond acceptors (Lipinski definition) is 6. The van der Waals surface area contributed by atoms with Crippen molar-refractivity contribution in [1.29, 1.82) is 0 Å². The van der Waals surface area contributed by atoms with Gasteiger partial charge in [-0.2, -0.15) is 0 Å². The summed E-state index contributed by atoms with van der Waals surface area (Å²) < 4.78 is 10.2. The van der Waals surface area contributed by atoms with Crippen molar-refractivity contribution >= 4 is 29.5 Å². The molecule has 8 nitrogen and oxygen atoms in total. The minimum atomic E-state index is -0.810. The van der Waals surface area contributed by atoms with Crippen molar-refractivity contribution in [2.45, 2.75) is 48.9 Å². The summed E-state index contributed by atoms with van der Waals surface area (Å²) >= 11 is 1.60. The SMILES string of the molecule is COc1ccc(CCNC(=O)[C@H](Cc2ccccc2)NC(=O)[C@H]2N3C(=O)c4ccccc4[C@H]3SC2(C)C)cc1OC. The van der Waals surface area contributed by atoms with Crippen LogP contribution in [0.25, 0.3) is 0 Å². The van der Waals surface area contributed by atoms with E-state index in [9.17, 15) is 14.4 Å². The van der Waals surface area contributed by atoms with E-state index in [1.54, 1.807) is 30.9 Å². The molecule has 2 heterocycles. The highest BCUT2D eigenvalue weighted by molar-refractivity contribution is 8.01. The molecule has 3 aromatic rings. The lowest BCUT2D eigenvalue weighted by Gasteiger charge is -2.31. The molecular weight excluding hydrogens is 538 g/mol. The first-order valence-electron chi connectivity index (χ1n) is 13.7. The zero-order valence-electron chi connectivity index (χ0n) is 23.7. The summed E-state index contributed by atoms with van der Waals surface area (Å²) in [6, 6.07) is 21.2. The van der Waals surface area contributed by atoms with Gasteiger partial charge in [0.25, 0.3) is 5.91 Å². The molecule has 0 spiro atoms. The number of nitrogens with one attached hydrogen (secondary N) is 2. The molecule has 3 atom stereocenters. The van der Waals surface area contributed by atoms with Crippen molar-refractivity contribution < 1.29 is 23.9 Å². The Bertz CT molecular complexity index is 1440. The maximum atomic E-state index is 13.9. The first kappa shape index (κ1) is 28.5. The zero-order chi connectivity index (χ0) is 29.1. The molecule has 2 N–H and O–H groups in total. The van der Waals surface area contributed by atoms with Gasteiger partial charge in [0, 0.05) is 23.3 Å². The van der Waals surface area contributed by atoms with Crippen LogP contribution < -0.4 is 20.1 Å². The largest absolute Gasteiger partial charge is 0.493 e. The van der Waals surface area contributed by atoms with Crippen molar-refractivity contribution in [2.75, 3.05) is 20.8 Å². The highest BCUT2D eigenvalue weighted by atomic mass is 32.2. The quantitative estimate of drug-likeness (QED) is 0.379. The third-order valence-electron chi connectivity index (χ3n) is 7.62. The summed E-state index contributed by atoms with van der Waals surface area (Å²) in [5.41, 5.74) is 3.47. The number of rotatable bonds is 10. The Labute approximate surface area is 244 Å². The van der Waals surface area contributed by atoms with Crippen LogP contribution in [0.4, 0.5) is 0 Å². The van der Waals surface area contributed by atoms with Gasteiger partial charge in [-0.3, -0.25) is 14.4 Å². The van der Waals surface area contributed by atoms with Crippen LogP contribution in [-0.2, 0) is 22.4 Å². The Balaban J connectivity index is 1.31. The van der Waals surface area contributed by atoms with Gasteiger partial charge in [0.2, 0.25) is 11.8 Å². The standard InChI is InChI=1S/C32H35N3O5S/c1-32(2)27(35-30(38)22-12-8-9-13-23(22)31(35)41-32)29(37)34-24(18-20-10-6-5-7-11-20)28(36)33-17-16-21-14-15-25(39-3)26(19-21)40-4/h5-15,19,24,27,31H,16-18H2,1-4H3,(H,33,36)(H,34,37)/t24-,27+,31+/m0/s1. The lowest BCUT2D eigenvalue weighted by Crippen LogP contribution is -2.57. The van der Waals surface area contributed by atoms with Gasteiger partial charge in [-0.1, -0.05) is 54.6 Å². The number of hydrogen-bond donors (Lipinski definition) is 2. The zero-order valence-corrected chi connectivity index (χ0v) is 24.5. The van der Waals surface area contributed by atoms with Crippen LogP contribution in [0.1, 0.15) is 46.3 Å². The number of carbonyl (C=O) groups is 3. The lowest BCUT2D eigenvalue weighted by atomic mass is 9.99. The Morgan fingerprint density at radius 2 is 1.66 bits per heavy atom. The molecule has 9 heteroatoms. The van der Waals surface area contributed by atoms with E-state index >= 15 is 0 Å². The molecular formula is C32H35N3O5S. The number of amides is 3. The van der Waals surface area contributed by atoms with Crippen LogP contribution in [0, 0.1) is 0 Å². The number of thioether (sulfide) groups is 1. The Morgan fingerprint density at radius 3 is 2.39 bits per heavy atom. The normalized spacial score (nSPS) is 19.2. The van der Waals surface area contributed by atoms with Gasteiger partial charge in [0.05, 0.1) is 14.2 Å². The summed E-state index contributed by atoms with van der Waals surface area (Å²) in [4.78, 5) is 42.5. The second kappa shape index (κ2) is 11.9. The lowest BCUT2D eigenvalue weighted by molar-refractivity contribution is -0.131. The summed E-state index contributed by atoms with van der Waals surface area (Å²) in [6.07, 6.45) is 0.902. The molecule has 2 aliphatic rings. The average Bonchev–Trinajstić information content (AvgIpc) is 3.41. The Morgan fingerprint density at radius 1 is 0.951 bits per heavy atom. The van der Waals surface area contributed by atoms with E-state index in [1.807, 2.05) is 86.6 Å². The number of benzene rings is 3. The minimum Gasteiger partial charge on any atom is -0.493 e. The second-order valence-electron chi connectivity index (χ2n) is 10.8. The molecule has 5 rings (SSSR count). The molecule has 0 saturated carbocycles. The summed E-state index contributed by atoms with van der Waals surface area (Å²) in [6.45, 7) is 4.33. The molecule has 0 unspecified atom stereocenters. The topological polar surface area (TPSA) is 97.0 Å². The van der Waals surface area contributed by atoms with E-state index in [0.29, 0.717) is 36.4 Å². The minimum absolute atomic E-state index is 0.150. The molecule has 3 aromatic carbocycles. The van der Waals surface area contributed by atoms with Gasteiger partial charge in [-0.25, -0.2) is 0 Å². The van der Waals surface area contributed by atoms with E-state index in [1.165, 1.54) is 0 Å². The molecule has 1 fully saturated rings. The fourth-order valence-electron chi connectivity index (χ4n) is 5.60. The second-order valence-corrected chi connectivity index (χ2v) is 12.5. The summed E-state index contributed by atoms with van der Waals surface area (Å²) in [5, 5.41) is 5.77. The van der Waals surface area contributed by atoms with Crippen LogP contribution in [0.3, 0.4) is 0 Å². The van der Waals surface area contributed by atoms with Crippen LogP contribution in [-0.4, -0.2) is 60.2 Å². The van der Waals surface area contributed by atoms with Crippen molar-refractivity contribution in [2.24, 2.45) is 0 Å². The number of ether oxygens (including phenoxy) is 2. The van der Waals surface area contributed by atoms with Crippen molar-refractivity contribution in [3.05, 3.63) is 95.1 Å². The third-order valence-corrected chi connectivity index (χ3v) is 9.16. The van der Waals surface area contributed by atoms with E-state index in [4.69, 9.17) is 9.47 Å². The van der Waals surface area contributed by atoms with Gasteiger partial charge in [0.15, 0.2) is 11.5 Å². The fraction of sp³-hybridized carbons (Fsp3) is 0.344. The highest BCUT2D eigenvalue weighted by Gasteiger charge is 2.57. The summed E-state index contributed by atoms with van der Waals surface area (Å²) in [5.74, 6) is 0.504. The van der Waals surface area contributed by atoms with Crippen LogP contribution in [0.15, 0.2) is 72.8 Å². The van der Waals surface area contributed by atoms with E-state index in [-0.39, 0.29) is 23.1 Å². The van der Waals surface area contributed by atoms with Crippen molar-refractivity contribution in [3.8, 4) is 11.5 Å². The van der Waals surface area contributed by atoms with E-state index < -0.39 is 16.8 Å². The number of fused-ring (bicyclic) bond motifs is 3. The predicted molar refractivity (Wildman–Crippen MR) is 159 cm³/mol. The van der Waals surface area contributed by atoms with Gasteiger partial charge in [0.1, 0.15) is 17.5 Å². The number of methoxy groups -OCH3 is 2. The van der Waals surface area contributed by atoms with Crippen molar-refractivity contribution in [3.63, 3.8) is 0 Å². The maximum Gasteiger partial charge on any atom is 0.256 e. The maximum absolute atomic E-state index is 13.9. The van der Waals surface area contributed by atoms with Crippen LogP contribution in [0.2, 0.25) is 0 Å². The van der Waals surface area contributed by atoms with Crippen LogP contribution in [0.5, 0.6) is 11.5 Å². The molecule has 0 radical (unpaired) electrons. The number of carbonyl (C=O) groups excluding carboxylic acids is 3. The monoisotopic (exact) mass is 573 g/mol. The molecule has 0 aromatic heterocycles. The first-order chi connectivity index (χ1) is 19.7. The van der Waals surface area contributed by atoms with Gasteiger partial charge >= 0.3 is 0 Å². The van der Waals surface area contributed by atoms with Gasteiger partial charge in [-0.05, 0) is 55.2 Å². The van der Waals surface area contributed by atoms with Gasteiger partial charge in [-0.15, -0.1) is 11.8 Å². The fourth-order valence-corrected chi connectivity index (χ4v) is 7.19. The number of nitrogens with zero attached hydrogens (tertiary/aromatic N) is 1. The Kier molecular flexibility index (Phi) is 8.26. The molecule has 0 aliphatic carbocycles. The average molecular weight is 574 g/mol. The van der Waals surface area contributed by atoms with Crippen LogP contribution >= 0.6 is 11.8 Å².